The molecule has 0 atom stereocenters. The van der Waals surface area contributed by atoms with Gasteiger partial charge in [-0.2, -0.15) is 0 Å². The van der Waals surface area contributed by atoms with Crippen LogP contribution in [0.4, 0.5) is 5.69 Å². The van der Waals surface area contributed by atoms with Crippen LogP contribution in [0.3, 0.4) is 0 Å². The first kappa shape index (κ1) is 16.1. The van der Waals surface area contributed by atoms with E-state index in [1.165, 1.54) is 6.07 Å². The smallest absolute Gasteiger partial charge is 0.363 e. The molecule has 24 heavy (non-hydrogen) atoms. The van der Waals surface area contributed by atoms with Crippen LogP contribution in [0.15, 0.2) is 57.6 Å². The Hall–Kier alpha value is -2.80. The summed E-state index contributed by atoms with van der Waals surface area (Å²) in [5, 5.41) is 11.0. The lowest BCUT2D eigenvalue weighted by molar-refractivity contribution is -0.385. The van der Waals surface area contributed by atoms with E-state index in [0.717, 1.165) is 10.0 Å². The maximum Gasteiger partial charge on any atom is 0.363 e. The first-order valence-electron chi connectivity index (χ1n) is 6.97. The highest BCUT2D eigenvalue weighted by molar-refractivity contribution is 9.10. The Morgan fingerprint density at radius 1 is 1.21 bits per heavy atom. The molecule has 0 bridgehead atoms. The molecule has 1 aliphatic rings. The average molecular weight is 387 g/mol. The molecule has 7 heteroatoms. The van der Waals surface area contributed by atoms with Crippen molar-refractivity contribution in [1.29, 1.82) is 0 Å². The average Bonchev–Trinajstić information content (AvgIpc) is 2.90. The summed E-state index contributed by atoms with van der Waals surface area (Å²) < 4.78 is 6.07. The van der Waals surface area contributed by atoms with E-state index in [2.05, 4.69) is 20.9 Å². The summed E-state index contributed by atoms with van der Waals surface area (Å²) >= 11 is 3.34. The third kappa shape index (κ3) is 3.26. The lowest BCUT2D eigenvalue weighted by Gasteiger charge is -2.01. The monoisotopic (exact) mass is 386 g/mol. The summed E-state index contributed by atoms with van der Waals surface area (Å²) in [5.41, 5.74) is 1.82. The molecule has 0 N–H and O–H groups in total. The first-order valence-corrected chi connectivity index (χ1v) is 7.77. The number of rotatable bonds is 3. The molecular weight excluding hydrogens is 376 g/mol. The number of halogens is 1. The summed E-state index contributed by atoms with van der Waals surface area (Å²) in [6, 6.07) is 11.9. The van der Waals surface area contributed by atoms with Gasteiger partial charge in [0.15, 0.2) is 5.70 Å². The van der Waals surface area contributed by atoms with Gasteiger partial charge in [-0.25, -0.2) is 9.79 Å². The minimum absolute atomic E-state index is 0.0448. The van der Waals surface area contributed by atoms with Gasteiger partial charge in [0.25, 0.3) is 5.69 Å². The van der Waals surface area contributed by atoms with Gasteiger partial charge in [0.05, 0.1) is 4.92 Å². The van der Waals surface area contributed by atoms with E-state index in [1.807, 2.05) is 24.3 Å². The number of aliphatic imine (C=N–C) groups is 1. The number of benzene rings is 2. The zero-order chi connectivity index (χ0) is 17.3. The molecule has 120 valence electrons. The van der Waals surface area contributed by atoms with Gasteiger partial charge in [-0.05, 0) is 36.8 Å². The van der Waals surface area contributed by atoms with E-state index in [4.69, 9.17) is 4.74 Å². The van der Waals surface area contributed by atoms with E-state index in [1.54, 1.807) is 25.1 Å². The topological polar surface area (TPSA) is 81.8 Å². The van der Waals surface area contributed by atoms with Gasteiger partial charge in [-0.15, -0.1) is 0 Å². The van der Waals surface area contributed by atoms with E-state index >= 15 is 0 Å². The van der Waals surface area contributed by atoms with Gasteiger partial charge in [0.2, 0.25) is 5.90 Å². The number of cyclic esters (lactones) is 1. The molecule has 0 aromatic heterocycles. The van der Waals surface area contributed by atoms with Crippen molar-refractivity contribution in [2.24, 2.45) is 4.99 Å². The standard InChI is InChI=1S/C17H11BrN2O4/c1-10-2-5-12(9-15(10)20(22)23)16-19-14(17(21)24-16)8-11-3-6-13(18)7-4-11/h2-9H,1H3. The van der Waals surface area contributed by atoms with Crippen LogP contribution in [-0.4, -0.2) is 16.8 Å². The van der Waals surface area contributed by atoms with Crippen molar-refractivity contribution in [1.82, 2.24) is 0 Å². The van der Waals surface area contributed by atoms with Gasteiger partial charge in [0.1, 0.15) is 0 Å². The molecule has 6 nitrogen and oxygen atoms in total. The molecule has 0 fully saturated rings. The third-order valence-corrected chi connectivity index (χ3v) is 3.98. The van der Waals surface area contributed by atoms with E-state index in [9.17, 15) is 14.9 Å². The van der Waals surface area contributed by atoms with Crippen LogP contribution in [0.25, 0.3) is 6.08 Å². The highest BCUT2D eigenvalue weighted by atomic mass is 79.9. The maximum absolute atomic E-state index is 12.0. The molecule has 0 amide bonds. The van der Waals surface area contributed by atoms with Crippen molar-refractivity contribution in [2.75, 3.05) is 0 Å². The molecule has 0 saturated heterocycles. The van der Waals surface area contributed by atoms with Crippen LogP contribution in [0.1, 0.15) is 16.7 Å². The molecular formula is C17H11BrN2O4. The normalized spacial score (nSPS) is 15.3. The largest absolute Gasteiger partial charge is 0.402 e. The fraction of sp³-hybridized carbons (Fsp3) is 0.0588. The predicted octanol–water partition coefficient (Wildman–Crippen LogP) is 4.01. The fourth-order valence-electron chi connectivity index (χ4n) is 2.19. The molecule has 0 aliphatic carbocycles. The fourth-order valence-corrected chi connectivity index (χ4v) is 2.45. The number of nitrogens with zero attached hydrogens (tertiary/aromatic N) is 2. The molecule has 3 rings (SSSR count). The van der Waals surface area contributed by atoms with E-state index in [0.29, 0.717) is 11.1 Å². The lowest BCUT2D eigenvalue weighted by Crippen LogP contribution is -2.06. The zero-order valence-electron chi connectivity index (χ0n) is 12.5. The first-order chi connectivity index (χ1) is 11.4. The van der Waals surface area contributed by atoms with Crippen molar-refractivity contribution >= 4 is 39.6 Å². The van der Waals surface area contributed by atoms with Crippen LogP contribution in [-0.2, 0) is 9.53 Å². The van der Waals surface area contributed by atoms with Crippen LogP contribution < -0.4 is 0 Å². The summed E-state index contributed by atoms with van der Waals surface area (Å²) in [6.07, 6.45) is 1.60. The molecule has 0 spiro atoms. The van der Waals surface area contributed by atoms with Gasteiger partial charge in [0, 0.05) is 21.7 Å². The number of esters is 1. The minimum Gasteiger partial charge on any atom is -0.402 e. The van der Waals surface area contributed by atoms with Crippen LogP contribution >= 0.6 is 15.9 Å². The Labute approximate surface area is 145 Å². The SMILES string of the molecule is Cc1ccc(C2=NC(=Cc3ccc(Br)cc3)C(=O)O2)cc1[N+](=O)[O-]. The van der Waals surface area contributed by atoms with Gasteiger partial charge in [-0.1, -0.05) is 34.1 Å². The Kier molecular flexibility index (Phi) is 4.26. The molecule has 0 unspecified atom stereocenters. The molecule has 0 radical (unpaired) electrons. The molecule has 2 aromatic carbocycles. The van der Waals surface area contributed by atoms with Gasteiger partial charge >= 0.3 is 5.97 Å². The second kappa shape index (κ2) is 6.37. The highest BCUT2D eigenvalue weighted by Gasteiger charge is 2.25. The Bertz CT molecular complexity index is 901. The van der Waals surface area contributed by atoms with Crippen molar-refractivity contribution in [3.05, 3.63) is 79.4 Å². The van der Waals surface area contributed by atoms with Gasteiger partial charge in [-0.3, -0.25) is 10.1 Å². The predicted molar refractivity (Wildman–Crippen MR) is 92.6 cm³/mol. The lowest BCUT2D eigenvalue weighted by atomic mass is 10.1. The summed E-state index contributed by atoms with van der Waals surface area (Å²) in [6.45, 7) is 1.64. The van der Waals surface area contributed by atoms with Crippen molar-refractivity contribution in [3.63, 3.8) is 0 Å². The Balaban J connectivity index is 1.96. The number of carbonyl (C=O) groups is 1. The van der Waals surface area contributed by atoms with Gasteiger partial charge < -0.3 is 4.74 Å². The third-order valence-electron chi connectivity index (χ3n) is 3.45. The number of carbonyl (C=O) groups excluding carboxylic acids is 1. The Morgan fingerprint density at radius 3 is 2.58 bits per heavy atom. The number of aryl methyl sites for hydroxylation is 1. The van der Waals surface area contributed by atoms with Crippen LogP contribution in [0.5, 0.6) is 0 Å². The number of nitro groups is 1. The summed E-state index contributed by atoms with van der Waals surface area (Å²) in [7, 11) is 0. The quantitative estimate of drug-likeness (QED) is 0.345. The van der Waals surface area contributed by atoms with E-state index < -0.39 is 10.9 Å². The second-order valence-corrected chi connectivity index (χ2v) is 6.06. The Morgan fingerprint density at radius 2 is 1.92 bits per heavy atom. The molecule has 1 aliphatic heterocycles. The number of hydrogen-bond donors (Lipinski definition) is 0. The maximum atomic E-state index is 12.0. The van der Waals surface area contributed by atoms with Crippen LogP contribution in [0.2, 0.25) is 0 Å². The molecule has 1 heterocycles. The second-order valence-electron chi connectivity index (χ2n) is 5.15. The van der Waals surface area contributed by atoms with Crippen molar-refractivity contribution < 1.29 is 14.5 Å². The van der Waals surface area contributed by atoms with Crippen molar-refractivity contribution in [3.8, 4) is 0 Å². The highest BCUT2D eigenvalue weighted by Crippen LogP contribution is 2.24. The van der Waals surface area contributed by atoms with Crippen molar-refractivity contribution in [2.45, 2.75) is 6.92 Å². The molecule has 0 saturated carbocycles. The zero-order valence-corrected chi connectivity index (χ0v) is 14.1. The summed E-state index contributed by atoms with van der Waals surface area (Å²) in [5.74, 6) is -0.525. The number of hydrogen-bond acceptors (Lipinski definition) is 5. The number of ether oxygens (including phenoxy) is 1. The molecule has 2 aromatic rings. The summed E-state index contributed by atoms with van der Waals surface area (Å²) in [4.78, 5) is 26.7. The van der Waals surface area contributed by atoms with E-state index in [-0.39, 0.29) is 17.3 Å². The number of nitro benzene ring substituents is 1. The minimum atomic E-state index is -0.587. The van der Waals surface area contributed by atoms with Crippen LogP contribution in [0, 0.1) is 17.0 Å².